The molecule has 1 fully saturated rings. The van der Waals surface area contributed by atoms with Gasteiger partial charge in [-0.2, -0.15) is 0 Å². The molecule has 1 aliphatic heterocycles. The zero-order valence-electron chi connectivity index (χ0n) is 11.2. The Kier molecular flexibility index (Phi) is 3.92. The Labute approximate surface area is 126 Å². The van der Waals surface area contributed by atoms with E-state index in [2.05, 4.69) is 25.1 Å². The highest BCUT2D eigenvalue weighted by atomic mass is 35.5. The minimum absolute atomic E-state index is 0.132. The van der Waals surface area contributed by atoms with Gasteiger partial charge in [-0.25, -0.2) is 9.97 Å². The van der Waals surface area contributed by atoms with Crippen LogP contribution < -0.4 is 4.90 Å². The Morgan fingerprint density at radius 2 is 1.76 bits per heavy atom. The van der Waals surface area contributed by atoms with Crippen molar-refractivity contribution >= 4 is 23.5 Å². The second-order valence-corrected chi connectivity index (χ2v) is 4.96. The first-order chi connectivity index (χ1) is 10.2. The number of anilines is 1. The van der Waals surface area contributed by atoms with Gasteiger partial charge in [0.1, 0.15) is 0 Å². The highest BCUT2D eigenvalue weighted by molar-refractivity contribution is 6.29. The van der Waals surface area contributed by atoms with Gasteiger partial charge in [-0.05, 0) is 18.2 Å². The van der Waals surface area contributed by atoms with Crippen LogP contribution in [-0.4, -0.2) is 57.2 Å². The van der Waals surface area contributed by atoms with Crippen LogP contribution in [0.3, 0.4) is 0 Å². The van der Waals surface area contributed by atoms with E-state index in [1.54, 1.807) is 35.5 Å². The third-order valence-electron chi connectivity index (χ3n) is 3.25. The van der Waals surface area contributed by atoms with Crippen molar-refractivity contribution in [3.05, 3.63) is 41.4 Å². The normalized spacial score (nSPS) is 15.1. The summed E-state index contributed by atoms with van der Waals surface area (Å²) in [5, 5.41) is 7.79. The first kappa shape index (κ1) is 13.7. The summed E-state index contributed by atoms with van der Waals surface area (Å²) < 4.78 is 0. The van der Waals surface area contributed by atoms with Crippen LogP contribution in [0.5, 0.6) is 0 Å². The third-order valence-corrected chi connectivity index (χ3v) is 3.45. The van der Waals surface area contributed by atoms with E-state index in [1.807, 2.05) is 0 Å². The molecule has 0 bridgehead atoms. The molecule has 1 amide bonds. The van der Waals surface area contributed by atoms with Crippen molar-refractivity contribution in [1.29, 1.82) is 0 Å². The molecule has 21 heavy (non-hydrogen) atoms. The number of rotatable bonds is 2. The monoisotopic (exact) mass is 304 g/mol. The summed E-state index contributed by atoms with van der Waals surface area (Å²) in [6, 6.07) is 4.93. The zero-order chi connectivity index (χ0) is 14.7. The molecule has 7 nitrogen and oxygen atoms in total. The average Bonchev–Trinajstić information content (AvgIpc) is 2.56. The van der Waals surface area contributed by atoms with Crippen molar-refractivity contribution in [3.8, 4) is 0 Å². The van der Waals surface area contributed by atoms with E-state index in [0.29, 0.717) is 37.8 Å². The quantitative estimate of drug-likeness (QED) is 0.820. The van der Waals surface area contributed by atoms with Crippen molar-refractivity contribution in [2.45, 2.75) is 0 Å². The van der Waals surface area contributed by atoms with E-state index in [1.165, 1.54) is 0 Å². The van der Waals surface area contributed by atoms with Crippen LogP contribution in [0.1, 0.15) is 10.5 Å². The Morgan fingerprint density at radius 1 is 1.05 bits per heavy atom. The molecule has 1 aliphatic rings. The van der Waals surface area contributed by atoms with Gasteiger partial charge >= 0.3 is 0 Å². The highest BCUT2D eigenvalue weighted by Crippen LogP contribution is 2.12. The van der Waals surface area contributed by atoms with Crippen LogP contribution in [-0.2, 0) is 0 Å². The SMILES string of the molecule is O=C(c1ccc(Cl)nn1)N1CCN(c2ncccn2)CC1. The molecule has 0 saturated carbocycles. The highest BCUT2D eigenvalue weighted by Gasteiger charge is 2.24. The molecule has 2 aromatic rings. The second kappa shape index (κ2) is 6.01. The van der Waals surface area contributed by atoms with Crippen LogP contribution >= 0.6 is 11.6 Å². The van der Waals surface area contributed by atoms with Crippen molar-refractivity contribution in [1.82, 2.24) is 25.1 Å². The lowest BCUT2D eigenvalue weighted by Crippen LogP contribution is -2.49. The van der Waals surface area contributed by atoms with E-state index < -0.39 is 0 Å². The standard InChI is InChI=1S/C13H13ClN6O/c14-11-3-2-10(17-18-11)12(21)19-6-8-20(9-7-19)13-15-4-1-5-16-13/h1-5H,6-9H2. The first-order valence-corrected chi connectivity index (χ1v) is 6.92. The Balaban J connectivity index is 1.63. The smallest absolute Gasteiger partial charge is 0.274 e. The van der Waals surface area contributed by atoms with Gasteiger partial charge in [0.05, 0.1) is 0 Å². The van der Waals surface area contributed by atoms with Crippen molar-refractivity contribution < 1.29 is 4.79 Å². The van der Waals surface area contributed by atoms with Crippen LogP contribution in [0.25, 0.3) is 0 Å². The van der Waals surface area contributed by atoms with Crippen molar-refractivity contribution in [3.63, 3.8) is 0 Å². The predicted molar refractivity (Wildman–Crippen MR) is 77.2 cm³/mol. The number of aromatic nitrogens is 4. The summed E-state index contributed by atoms with van der Waals surface area (Å²) in [6.07, 6.45) is 3.42. The molecule has 1 saturated heterocycles. The summed E-state index contributed by atoms with van der Waals surface area (Å²) >= 11 is 5.67. The molecule has 0 aromatic carbocycles. The average molecular weight is 305 g/mol. The van der Waals surface area contributed by atoms with Crippen LogP contribution in [0.2, 0.25) is 5.15 Å². The summed E-state index contributed by atoms with van der Waals surface area (Å²) in [5.41, 5.74) is 0.309. The molecule has 0 unspecified atom stereocenters. The summed E-state index contributed by atoms with van der Waals surface area (Å²) in [4.78, 5) is 24.5. The number of hydrogen-bond acceptors (Lipinski definition) is 6. The third kappa shape index (κ3) is 3.08. The van der Waals surface area contributed by atoms with Crippen LogP contribution in [0.15, 0.2) is 30.6 Å². The molecule has 0 aliphatic carbocycles. The number of halogens is 1. The number of hydrogen-bond donors (Lipinski definition) is 0. The molecule has 8 heteroatoms. The summed E-state index contributed by atoms with van der Waals surface area (Å²) in [5.74, 6) is 0.559. The van der Waals surface area contributed by atoms with Crippen molar-refractivity contribution in [2.24, 2.45) is 0 Å². The van der Waals surface area contributed by atoms with E-state index in [9.17, 15) is 4.79 Å². The topological polar surface area (TPSA) is 75.1 Å². The molecule has 0 spiro atoms. The fourth-order valence-corrected chi connectivity index (χ4v) is 2.26. The van der Waals surface area contributed by atoms with Gasteiger partial charge < -0.3 is 9.80 Å². The van der Waals surface area contributed by atoms with E-state index in [-0.39, 0.29) is 11.1 Å². The summed E-state index contributed by atoms with van der Waals surface area (Å²) in [7, 11) is 0. The van der Waals surface area contributed by atoms with E-state index >= 15 is 0 Å². The van der Waals surface area contributed by atoms with Gasteiger partial charge in [0.25, 0.3) is 5.91 Å². The minimum Gasteiger partial charge on any atom is -0.337 e. The van der Waals surface area contributed by atoms with Crippen LogP contribution in [0.4, 0.5) is 5.95 Å². The lowest BCUT2D eigenvalue weighted by molar-refractivity contribution is 0.0739. The Bertz CT molecular complexity index is 612. The van der Waals surface area contributed by atoms with Gasteiger partial charge in [0, 0.05) is 38.6 Å². The summed E-state index contributed by atoms with van der Waals surface area (Å²) in [6.45, 7) is 2.58. The molecule has 2 aromatic heterocycles. The Morgan fingerprint density at radius 3 is 2.38 bits per heavy atom. The van der Waals surface area contributed by atoms with Gasteiger partial charge in [-0.1, -0.05) is 11.6 Å². The molecule has 3 rings (SSSR count). The van der Waals surface area contributed by atoms with E-state index in [0.717, 1.165) is 0 Å². The number of carbonyl (C=O) groups excluding carboxylic acids is 1. The zero-order valence-corrected chi connectivity index (χ0v) is 11.9. The minimum atomic E-state index is -0.132. The second-order valence-electron chi connectivity index (χ2n) is 4.57. The van der Waals surface area contributed by atoms with Gasteiger partial charge in [-0.3, -0.25) is 4.79 Å². The number of nitrogens with zero attached hydrogens (tertiary/aromatic N) is 6. The number of amides is 1. The Hall–Kier alpha value is -2.28. The fourth-order valence-electron chi connectivity index (χ4n) is 2.16. The van der Waals surface area contributed by atoms with E-state index in [4.69, 9.17) is 11.6 Å². The molecule has 0 atom stereocenters. The first-order valence-electron chi connectivity index (χ1n) is 6.54. The maximum atomic E-state index is 12.3. The maximum absolute atomic E-state index is 12.3. The van der Waals surface area contributed by atoms with Gasteiger partial charge in [-0.15, -0.1) is 10.2 Å². The van der Waals surface area contributed by atoms with Crippen molar-refractivity contribution in [2.75, 3.05) is 31.1 Å². The molecule has 3 heterocycles. The van der Waals surface area contributed by atoms with Gasteiger partial charge in [0.2, 0.25) is 5.95 Å². The largest absolute Gasteiger partial charge is 0.337 e. The number of carbonyl (C=O) groups is 1. The lowest BCUT2D eigenvalue weighted by Gasteiger charge is -2.34. The lowest BCUT2D eigenvalue weighted by atomic mass is 10.2. The molecular formula is C13H13ClN6O. The molecule has 0 N–H and O–H groups in total. The maximum Gasteiger partial charge on any atom is 0.274 e. The number of piperazine rings is 1. The molecule has 0 radical (unpaired) electrons. The predicted octanol–water partition coefficient (Wildman–Crippen LogP) is 0.882. The molecule has 108 valence electrons. The van der Waals surface area contributed by atoms with Crippen LogP contribution in [0, 0.1) is 0 Å². The van der Waals surface area contributed by atoms with Gasteiger partial charge in [0.15, 0.2) is 10.8 Å². The fraction of sp³-hybridized carbons (Fsp3) is 0.308. The molecular weight excluding hydrogens is 292 g/mol.